The van der Waals surface area contributed by atoms with Crippen LogP contribution in [-0.2, 0) is 11.8 Å². The Hall–Kier alpha value is -1.46. The maximum absolute atomic E-state index is 10.2. The molecule has 2 N–H and O–H groups in total. The number of aliphatic hydroxyl groups is 1. The Morgan fingerprint density at radius 2 is 2.05 bits per heavy atom. The topological polar surface area (TPSA) is 58.0 Å². The average Bonchev–Trinajstić information content (AvgIpc) is 2.95. The monoisotopic (exact) mass is 289 g/mol. The summed E-state index contributed by atoms with van der Waals surface area (Å²) in [5, 5.41) is 14.3. The summed E-state index contributed by atoms with van der Waals surface area (Å²) >= 11 is 1.36. The highest BCUT2D eigenvalue weighted by Crippen LogP contribution is 2.35. The molecule has 0 saturated carbocycles. The Labute approximate surface area is 123 Å². The van der Waals surface area contributed by atoms with Gasteiger partial charge in [0, 0.05) is 23.4 Å². The fourth-order valence-electron chi connectivity index (χ4n) is 2.47. The van der Waals surface area contributed by atoms with Crippen molar-refractivity contribution in [1.29, 1.82) is 0 Å². The third-order valence-corrected chi connectivity index (χ3v) is 4.23. The summed E-state index contributed by atoms with van der Waals surface area (Å²) in [7, 11) is 0. The summed E-state index contributed by atoms with van der Waals surface area (Å²) in [4.78, 5) is 4.54. The van der Waals surface area contributed by atoms with Crippen LogP contribution in [0.2, 0.25) is 0 Å². The highest BCUT2D eigenvalue weighted by Gasteiger charge is 2.31. The Morgan fingerprint density at radius 1 is 1.30 bits per heavy atom. The lowest BCUT2D eigenvalue weighted by Gasteiger charge is -2.17. The fraction of sp³-hybridized carbons (Fsp3) is 0.467. The lowest BCUT2D eigenvalue weighted by Crippen LogP contribution is -2.21. The van der Waals surface area contributed by atoms with Crippen LogP contribution in [0.15, 0.2) is 24.3 Å². The van der Waals surface area contributed by atoms with E-state index in [1.54, 1.807) is 0 Å². The van der Waals surface area contributed by atoms with E-state index in [0.717, 1.165) is 16.5 Å². The van der Waals surface area contributed by atoms with Gasteiger partial charge in [0.25, 0.3) is 0 Å². The molecule has 1 heterocycles. The number of anilines is 1. The molecule has 0 spiro atoms. The minimum absolute atomic E-state index is 0.0529. The predicted molar refractivity (Wildman–Crippen MR) is 81.1 cm³/mol. The number of rotatable bonds is 2. The quantitative estimate of drug-likeness (QED) is 0.892. The maximum atomic E-state index is 10.2. The van der Waals surface area contributed by atoms with Gasteiger partial charge in [0.05, 0.1) is 12.1 Å². The van der Waals surface area contributed by atoms with Gasteiger partial charge >= 0.3 is 0 Å². The van der Waals surface area contributed by atoms with Gasteiger partial charge < -0.3 is 10.4 Å². The molecule has 0 saturated heterocycles. The fourth-order valence-corrected chi connectivity index (χ4v) is 3.26. The van der Waals surface area contributed by atoms with Gasteiger partial charge in [-0.15, -0.1) is 0 Å². The van der Waals surface area contributed by atoms with Gasteiger partial charge in [0.1, 0.15) is 5.82 Å². The molecule has 2 aromatic rings. The van der Waals surface area contributed by atoms with Crippen LogP contribution in [-0.4, -0.2) is 20.6 Å². The van der Waals surface area contributed by atoms with Crippen LogP contribution in [0.1, 0.15) is 43.8 Å². The number of fused-ring (bicyclic) bond motifs is 1. The van der Waals surface area contributed by atoms with Crippen molar-refractivity contribution < 1.29 is 5.11 Å². The summed E-state index contributed by atoms with van der Waals surface area (Å²) in [6, 6.07) is 8.06. The van der Waals surface area contributed by atoms with Gasteiger partial charge in [-0.05, 0) is 11.1 Å². The first-order valence-electron chi connectivity index (χ1n) is 6.82. The van der Waals surface area contributed by atoms with Crippen molar-refractivity contribution in [3.8, 4) is 0 Å². The minimum Gasteiger partial charge on any atom is -0.390 e. The summed E-state index contributed by atoms with van der Waals surface area (Å²) in [6.07, 6.45) is 0.285. The molecule has 4 nitrogen and oxygen atoms in total. The van der Waals surface area contributed by atoms with Crippen LogP contribution in [0.3, 0.4) is 0 Å². The average molecular weight is 289 g/mol. The number of nitrogens with zero attached hydrogens (tertiary/aromatic N) is 2. The van der Waals surface area contributed by atoms with Gasteiger partial charge in [0.2, 0.25) is 5.13 Å². The molecule has 0 aliphatic heterocycles. The largest absolute Gasteiger partial charge is 0.390 e. The first-order chi connectivity index (χ1) is 9.45. The van der Waals surface area contributed by atoms with E-state index in [9.17, 15) is 5.11 Å². The van der Waals surface area contributed by atoms with Gasteiger partial charge in [0.15, 0.2) is 0 Å². The number of hydrogen-bond donors (Lipinski definition) is 2. The van der Waals surface area contributed by atoms with Crippen LogP contribution in [0.25, 0.3) is 0 Å². The molecule has 106 valence electrons. The van der Waals surface area contributed by atoms with Crippen LogP contribution in [0, 0.1) is 0 Å². The number of nitrogens with one attached hydrogen (secondary N) is 1. The highest BCUT2D eigenvalue weighted by molar-refractivity contribution is 7.09. The predicted octanol–water partition coefficient (Wildman–Crippen LogP) is 2.91. The lowest BCUT2D eigenvalue weighted by atomic mass is 9.96. The zero-order chi connectivity index (χ0) is 14.3. The molecular weight excluding hydrogens is 270 g/mol. The van der Waals surface area contributed by atoms with Crippen molar-refractivity contribution in [3.05, 3.63) is 41.2 Å². The van der Waals surface area contributed by atoms with Gasteiger partial charge in [-0.3, -0.25) is 0 Å². The van der Waals surface area contributed by atoms with Crippen molar-refractivity contribution in [3.63, 3.8) is 0 Å². The Morgan fingerprint density at radius 3 is 2.75 bits per heavy atom. The van der Waals surface area contributed by atoms with Crippen LogP contribution in [0.4, 0.5) is 5.13 Å². The molecule has 2 atom stereocenters. The third kappa shape index (κ3) is 2.43. The Balaban J connectivity index is 1.83. The second-order valence-corrected chi connectivity index (χ2v) is 7.02. The Bertz CT molecular complexity index is 618. The van der Waals surface area contributed by atoms with Gasteiger partial charge in [-0.1, -0.05) is 45.0 Å². The molecule has 0 bridgehead atoms. The minimum atomic E-state index is -0.408. The van der Waals surface area contributed by atoms with E-state index < -0.39 is 6.10 Å². The molecular formula is C15H19N3OS. The standard InChI is InChI=1S/C15H19N3OS/c1-15(2,3)13-17-14(20-18-13)16-12-10-7-5-4-6-9(10)8-11(12)19/h4-7,11-12,19H,8H2,1-3H3,(H,16,17,18)/t11-,12+/m1/s1. The first-order valence-corrected chi connectivity index (χ1v) is 7.59. The van der Waals surface area contributed by atoms with Crippen molar-refractivity contribution in [1.82, 2.24) is 9.36 Å². The van der Waals surface area contributed by atoms with Crippen molar-refractivity contribution in [2.45, 2.75) is 44.8 Å². The van der Waals surface area contributed by atoms with E-state index >= 15 is 0 Å². The molecule has 0 amide bonds. The summed E-state index contributed by atoms with van der Waals surface area (Å²) in [5.74, 6) is 0.839. The molecule has 3 rings (SSSR count). The summed E-state index contributed by atoms with van der Waals surface area (Å²) in [5.41, 5.74) is 2.31. The van der Waals surface area contributed by atoms with Crippen molar-refractivity contribution >= 4 is 16.7 Å². The highest BCUT2D eigenvalue weighted by atomic mass is 32.1. The zero-order valence-electron chi connectivity index (χ0n) is 11.9. The first kappa shape index (κ1) is 13.5. The molecule has 1 aliphatic carbocycles. The van der Waals surface area contributed by atoms with Crippen LogP contribution < -0.4 is 5.32 Å². The maximum Gasteiger partial charge on any atom is 0.203 e. The van der Waals surface area contributed by atoms with Gasteiger partial charge in [-0.2, -0.15) is 4.37 Å². The van der Waals surface area contributed by atoms with E-state index in [2.05, 4.69) is 47.6 Å². The van der Waals surface area contributed by atoms with Crippen molar-refractivity contribution in [2.24, 2.45) is 0 Å². The van der Waals surface area contributed by atoms with E-state index in [1.807, 2.05) is 12.1 Å². The number of aliphatic hydroxyl groups excluding tert-OH is 1. The molecule has 1 aromatic carbocycles. The second-order valence-electron chi connectivity index (χ2n) is 6.27. The van der Waals surface area contributed by atoms with E-state index in [1.165, 1.54) is 17.1 Å². The molecule has 0 unspecified atom stereocenters. The molecule has 20 heavy (non-hydrogen) atoms. The van der Waals surface area contributed by atoms with Crippen LogP contribution >= 0.6 is 11.5 Å². The molecule has 0 fully saturated rings. The van der Waals surface area contributed by atoms with Crippen LogP contribution in [0.5, 0.6) is 0 Å². The number of benzene rings is 1. The zero-order valence-corrected chi connectivity index (χ0v) is 12.7. The van der Waals surface area contributed by atoms with E-state index in [-0.39, 0.29) is 11.5 Å². The molecule has 1 aromatic heterocycles. The summed E-state index contributed by atoms with van der Waals surface area (Å²) < 4.78 is 4.40. The smallest absolute Gasteiger partial charge is 0.203 e. The molecule has 0 radical (unpaired) electrons. The third-order valence-electron chi connectivity index (χ3n) is 3.58. The number of aromatic nitrogens is 2. The van der Waals surface area contributed by atoms with Gasteiger partial charge in [-0.25, -0.2) is 4.98 Å². The Kier molecular flexibility index (Phi) is 3.26. The second kappa shape index (κ2) is 4.82. The van der Waals surface area contributed by atoms with E-state index in [4.69, 9.17) is 0 Å². The SMILES string of the molecule is CC(C)(C)c1nsc(N[C@H]2c3ccccc3C[C@H]2O)n1. The summed E-state index contributed by atoms with van der Waals surface area (Å²) in [6.45, 7) is 6.29. The molecule has 1 aliphatic rings. The molecule has 5 heteroatoms. The van der Waals surface area contributed by atoms with E-state index in [0.29, 0.717) is 6.42 Å². The number of hydrogen-bond acceptors (Lipinski definition) is 5. The lowest BCUT2D eigenvalue weighted by molar-refractivity contribution is 0.166. The van der Waals surface area contributed by atoms with Crippen molar-refractivity contribution in [2.75, 3.05) is 5.32 Å². The normalized spacial score (nSPS) is 21.8.